The predicted molar refractivity (Wildman–Crippen MR) is 144 cm³/mol. The van der Waals surface area contributed by atoms with Gasteiger partial charge in [0.2, 0.25) is 26.0 Å². The molecule has 0 saturated carbocycles. The van der Waals surface area contributed by atoms with Gasteiger partial charge in [0.15, 0.2) is 0 Å². The summed E-state index contributed by atoms with van der Waals surface area (Å²) in [4.78, 5) is 23.0. The fourth-order valence-corrected chi connectivity index (χ4v) is 6.55. The van der Waals surface area contributed by atoms with Gasteiger partial charge in [0, 0.05) is 38.2 Å². The van der Waals surface area contributed by atoms with E-state index in [0.717, 1.165) is 29.5 Å². The Morgan fingerprint density at radius 2 is 1.77 bits per heavy atom. The van der Waals surface area contributed by atoms with E-state index in [1.807, 2.05) is 0 Å². The van der Waals surface area contributed by atoms with Crippen LogP contribution in [0.5, 0.6) is 11.5 Å². The minimum atomic E-state index is -3.82. The second kappa shape index (κ2) is 13.1. The topological polar surface area (TPSA) is 165 Å². The van der Waals surface area contributed by atoms with Crippen LogP contribution < -0.4 is 19.1 Å². The minimum Gasteiger partial charge on any atom is -0.495 e. The molecule has 1 aliphatic rings. The lowest BCUT2D eigenvalue weighted by atomic mass is 10.2. The molecule has 2 aromatic carbocycles. The Hall–Kier alpha value is -3.43. The second-order valence-corrected chi connectivity index (χ2v) is 12.7. The third-order valence-electron chi connectivity index (χ3n) is 6.03. The average molecular weight is 585 g/mol. The maximum atomic E-state index is 12.6. The predicted octanol–water partition coefficient (Wildman–Crippen LogP) is 2.13. The van der Waals surface area contributed by atoms with Gasteiger partial charge in [0.1, 0.15) is 23.8 Å². The molecular formula is C24H32N4O9S2. The summed E-state index contributed by atoms with van der Waals surface area (Å²) in [5, 5.41) is 13.8. The number of sulfonamides is 2. The number of nitrogens with zero attached hydrogens (tertiary/aromatic N) is 3. The summed E-state index contributed by atoms with van der Waals surface area (Å²) in [7, 11) is -6.00. The van der Waals surface area contributed by atoms with Gasteiger partial charge >= 0.3 is 0 Å². The van der Waals surface area contributed by atoms with Crippen LogP contribution in [0.1, 0.15) is 25.7 Å². The van der Waals surface area contributed by atoms with Crippen molar-refractivity contribution in [3.8, 4) is 11.5 Å². The first-order valence-corrected chi connectivity index (χ1v) is 15.5. The number of hydrogen-bond donors (Lipinski definition) is 1. The lowest BCUT2D eigenvalue weighted by Gasteiger charge is -2.24. The first-order valence-electron chi connectivity index (χ1n) is 12.2. The zero-order valence-corrected chi connectivity index (χ0v) is 23.4. The number of carbonyl (C=O) groups excluding carboxylic acids is 1. The SMILES string of the molecule is COc1ccc([N+](=O)[O-])cc1N(CCCC(=O)NCCOc1ccc(S(=O)(=O)N2CCCC2)cc1)S(C)(=O)=O. The normalized spacial score (nSPS) is 14.1. The van der Waals surface area contributed by atoms with E-state index in [9.17, 15) is 31.7 Å². The van der Waals surface area contributed by atoms with Crippen LogP contribution in [0, 0.1) is 10.1 Å². The Kier molecular flexibility index (Phi) is 10.1. The van der Waals surface area contributed by atoms with Crippen molar-refractivity contribution < 1.29 is 36.0 Å². The molecule has 0 atom stereocenters. The van der Waals surface area contributed by atoms with E-state index in [-0.39, 0.29) is 60.5 Å². The van der Waals surface area contributed by atoms with Crippen LogP contribution in [0.25, 0.3) is 0 Å². The Balaban J connectivity index is 1.47. The van der Waals surface area contributed by atoms with Crippen molar-refractivity contribution >= 4 is 37.3 Å². The molecule has 2 aromatic rings. The standard InChI is InChI=1S/C24H32N4O9S2/c1-36-23-12-7-19(28(30)31)18-22(23)27(38(2,32)33)16-5-6-24(29)25-13-17-37-20-8-10-21(11-9-20)39(34,35)26-14-3-4-15-26/h7-12,18H,3-6,13-17H2,1-2H3,(H,25,29). The first-order chi connectivity index (χ1) is 18.4. The quantitative estimate of drug-likeness (QED) is 0.199. The third-order valence-corrected chi connectivity index (χ3v) is 9.12. The highest BCUT2D eigenvalue weighted by Gasteiger charge is 2.27. The Morgan fingerprint density at radius 3 is 2.36 bits per heavy atom. The maximum Gasteiger partial charge on any atom is 0.271 e. The summed E-state index contributed by atoms with van der Waals surface area (Å²) in [6.07, 6.45) is 2.84. The van der Waals surface area contributed by atoms with E-state index in [4.69, 9.17) is 9.47 Å². The van der Waals surface area contributed by atoms with Crippen LogP contribution in [-0.2, 0) is 24.8 Å². The fourth-order valence-electron chi connectivity index (χ4n) is 4.07. The van der Waals surface area contributed by atoms with E-state index < -0.39 is 25.0 Å². The zero-order chi connectivity index (χ0) is 28.6. The Morgan fingerprint density at radius 1 is 1.10 bits per heavy atom. The second-order valence-electron chi connectivity index (χ2n) is 8.83. The smallest absolute Gasteiger partial charge is 0.271 e. The number of benzene rings is 2. The minimum absolute atomic E-state index is 0.00627. The van der Waals surface area contributed by atoms with Gasteiger partial charge in [0.25, 0.3) is 5.69 Å². The van der Waals surface area contributed by atoms with Crippen molar-refractivity contribution in [2.45, 2.75) is 30.6 Å². The van der Waals surface area contributed by atoms with Crippen LogP contribution in [0.15, 0.2) is 47.4 Å². The zero-order valence-electron chi connectivity index (χ0n) is 21.7. The van der Waals surface area contributed by atoms with Crippen molar-refractivity contribution in [2.24, 2.45) is 0 Å². The summed E-state index contributed by atoms with van der Waals surface area (Å²) in [5.41, 5.74) is -0.276. The summed E-state index contributed by atoms with van der Waals surface area (Å²) in [6.45, 7) is 1.28. The number of anilines is 1. The molecule has 1 aliphatic heterocycles. The summed E-state index contributed by atoms with van der Waals surface area (Å²) in [5.74, 6) is 0.277. The van der Waals surface area contributed by atoms with Gasteiger partial charge in [-0.3, -0.25) is 19.2 Å². The molecule has 0 aromatic heterocycles. The van der Waals surface area contributed by atoms with Crippen molar-refractivity contribution in [2.75, 3.05) is 50.5 Å². The van der Waals surface area contributed by atoms with Crippen LogP contribution in [0.3, 0.4) is 0 Å². The maximum absolute atomic E-state index is 12.6. The van der Waals surface area contributed by atoms with Crippen LogP contribution in [0.2, 0.25) is 0 Å². The van der Waals surface area contributed by atoms with Crippen molar-refractivity contribution in [1.29, 1.82) is 0 Å². The monoisotopic (exact) mass is 584 g/mol. The average Bonchev–Trinajstić information content (AvgIpc) is 3.44. The molecule has 214 valence electrons. The molecule has 15 heteroatoms. The molecule has 1 N–H and O–H groups in total. The molecule has 1 fully saturated rings. The van der Waals surface area contributed by atoms with Crippen molar-refractivity contribution in [1.82, 2.24) is 9.62 Å². The van der Waals surface area contributed by atoms with Gasteiger partial charge in [0.05, 0.1) is 29.7 Å². The Labute approximate surface area is 227 Å². The number of carbonyl (C=O) groups is 1. The number of rotatable bonds is 14. The van der Waals surface area contributed by atoms with Gasteiger partial charge < -0.3 is 14.8 Å². The van der Waals surface area contributed by atoms with Gasteiger partial charge in [-0.2, -0.15) is 4.31 Å². The van der Waals surface area contributed by atoms with Gasteiger partial charge in [-0.05, 0) is 49.6 Å². The molecule has 1 saturated heterocycles. The Bertz CT molecular complexity index is 1370. The largest absolute Gasteiger partial charge is 0.495 e. The van der Waals surface area contributed by atoms with Crippen LogP contribution in [-0.4, -0.2) is 78.1 Å². The summed E-state index contributed by atoms with van der Waals surface area (Å²) >= 11 is 0. The molecule has 1 heterocycles. The third kappa shape index (κ3) is 8.03. The lowest BCUT2D eigenvalue weighted by Crippen LogP contribution is -2.33. The van der Waals surface area contributed by atoms with Crippen LogP contribution >= 0.6 is 0 Å². The number of non-ortho nitro benzene ring substituents is 1. The van der Waals surface area contributed by atoms with Gasteiger partial charge in [-0.15, -0.1) is 0 Å². The number of methoxy groups -OCH3 is 1. The first kappa shape index (κ1) is 30.1. The highest BCUT2D eigenvalue weighted by molar-refractivity contribution is 7.92. The number of nitrogens with one attached hydrogen (secondary N) is 1. The number of nitro groups is 1. The van der Waals surface area contributed by atoms with E-state index in [2.05, 4.69) is 5.32 Å². The fraction of sp³-hybridized carbons (Fsp3) is 0.458. The summed E-state index contributed by atoms with van der Waals surface area (Å²) < 4.78 is 63.1. The lowest BCUT2D eigenvalue weighted by molar-refractivity contribution is -0.384. The molecular weight excluding hydrogens is 552 g/mol. The number of nitro benzene ring substituents is 1. The highest BCUT2D eigenvalue weighted by atomic mass is 32.2. The molecule has 13 nitrogen and oxygen atoms in total. The van der Waals surface area contributed by atoms with Crippen molar-refractivity contribution in [3.63, 3.8) is 0 Å². The number of ether oxygens (including phenoxy) is 2. The van der Waals surface area contributed by atoms with E-state index in [1.54, 1.807) is 12.1 Å². The number of amides is 1. The highest BCUT2D eigenvalue weighted by Crippen LogP contribution is 2.34. The number of hydrogen-bond acceptors (Lipinski definition) is 9. The van der Waals surface area contributed by atoms with Gasteiger partial charge in [-0.25, -0.2) is 16.8 Å². The van der Waals surface area contributed by atoms with E-state index in [1.165, 1.54) is 35.7 Å². The molecule has 39 heavy (non-hydrogen) atoms. The molecule has 0 spiro atoms. The molecule has 3 rings (SSSR count). The van der Waals surface area contributed by atoms with Gasteiger partial charge in [-0.1, -0.05) is 0 Å². The molecule has 0 bridgehead atoms. The van der Waals surface area contributed by atoms with E-state index >= 15 is 0 Å². The summed E-state index contributed by atoms with van der Waals surface area (Å²) in [6, 6.07) is 9.75. The van der Waals surface area contributed by atoms with Crippen LogP contribution in [0.4, 0.5) is 11.4 Å². The molecule has 0 radical (unpaired) electrons. The molecule has 0 unspecified atom stereocenters. The van der Waals surface area contributed by atoms with E-state index in [0.29, 0.717) is 18.8 Å². The van der Waals surface area contributed by atoms with Crippen molar-refractivity contribution in [3.05, 3.63) is 52.6 Å². The molecule has 0 aliphatic carbocycles. The molecule has 1 amide bonds.